The van der Waals surface area contributed by atoms with E-state index in [0.29, 0.717) is 12.5 Å². The summed E-state index contributed by atoms with van der Waals surface area (Å²) < 4.78 is 0. The summed E-state index contributed by atoms with van der Waals surface area (Å²) >= 11 is 1.62. The number of rotatable bonds is 8. The van der Waals surface area contributed by atoms with Gasteiger partial charge < -0.3 is 5.32 Å². The molecule has 0 unspecified atom stereocenters. The highest BCUT2D eigenvalue weighted by Gasteiger charge is 2.19. The number of amides is 1. The third kappa shape index (κ3) is 6.25. The van der Waals surface area contributed by atoms with Crippen LogP contribution >= 0.6 is 11.3 Å². The molecule has 0 spiro atoms. The highest BCUT2D eigenvalue weighted by molar-refractivity contribution is 7.09. The van der Waals surface area contributed by atoms with Crippen LogP contribution in [0.15, 0.2) is 60.0 Å². The Morgan fingerprint density at radius 1 is 1.06 bits per heavy atom. The number of hydrogen-bond acceptors (Lipinski definition) is 4. The summed E-state index contributed by atoms with van der Waals surface area (Å²) in [5.74, 6) is -0.00988. The standard InChI is InChI=1S/C26H31N3OS/c1-29(23-13-6-3-7-14-23)18-21-12-8-9-15-24(21)28-25(30)17-22-19-31-26(27-22)16-20-10-4-2-5-11-20/h2,4-5,8-12,15,19,23H,3,6-7,13-14,16-18H2,1H3,(H,28,30). The zero-order valence-electron chi connectivity index (χ0n) is 18.2. The van der Waals surface area contributed by atoms with Gasteiger partial charge in [0, 0.05) is 30.1 Å². The Morgan fingerprint density at radius 3 is 2.61 bits per heavy atom. The molecular formula is C26H31N3OS. The van der Waals surface area contributed by atoms with Gasteiger partial charge in [-0.1, -0.05) is 67.8 Å². The van der Waals surface area contributed by atoms with Crippen LogP contribution in [0.3, 0.4) is 0 Å². The lowest BCUT2D eigenvalue weighted by Crippen LogP contribution is -2.33. The molecule has 1 amide bonds. The first-order chi connectivity index (χ1) is 15.2. The number of para-hydroxylation sites is 1. The van der Waals surface area contributed by atoms with E-state index in [4.69, 9.17) is 0 Å². The molecule has 0 radical (unpaired) electrons. The zero-order valence-corrected chi connectivity index (χ0v) is 19.0. The van der Waals surface area contributed by atoms with E-state index in [-0.39, 0.29) is 5.91 Å². The molecular weight excluding hydrogens is 402 g/mol. The average molecular weight is 434 g/mol. The maximum absolute atomic E-state index is 12.7. The fraction of sp³-hybridized carbons (Fsp3) is 0.385. The first-order valence-electron chi connectivity index (χ1n) is 11.2. The number of benzene rings is 2. The van der Waals surface area contributed by atoms with Crippen molar-refractivity contribution in [1.82, 2.24) is 9.88 Å². The average Bonchev–Trinajstić information content (AvgIpc) is 3.22. The van der Waals surface area contributed by atoms with Gasteiger partial charge in [-0.25, -0.2) is 4.98 Å². The fourth-order valence-corrected chi connectivity index (χ4v) is 5.17. The van der Waals surface area contributed by atoms with E-state index in [1.54, 1.807) is 11.3 Å². The van der Waals surface area contributed by atoms with Gasteiger partial charge in [-0.05, 0) is 37.1 Å². The second kappa shape index (κ2) is 10.7. The summed E-state index contributed by atoms with van der Waals surface area (Å²) in [6, 6.07) is 19.1. The molecule has 4 rings (SSSR count). The maximum Gasteiger partial charge on any atom is 0.230 e. The Morgan fingerprint density at radius 2 is 1.81 bits per heavy atom. The van der Waals surface area contributed by atoms with E-state index in [0.717, 1.165) is 29.4 Å². The lowest BCUT2D eigenvalue weighted by Gasteiger charge is -2.31. The highest BCUT2D eigenvalue weighted by Crippen LogP contribution is 2.25. The van der Waals surface area contributed by atoms with Crippen LogP contribution in [-0.4, -0.2) is 28.9 Å². The molecule has 5 heteroatoms. The Labute approximate surface area is 189 Å². The first kappa shape index (κ1) is 21.7. The minimum absolute atomic E-state index is 0.00988. The molecule has 0 bridgehead atoms. The van der Waals surface area contributed by atoms with Crippen LogP contribution in [0.5, 0.6) is 0 Å². The van der Waals surface area contributed by atoms with Gasteiger partial charge in [-0.15, -0.1) is 11.3 Å². The molecule has 4 nitrogen and oxygen atoms in total. The van der Waals surface area contributed by atoms with Crippen molar-refractivity contribution in [1.29, 1.82) is 0 Å². The van der Waals surface area contributed by atoms with Crippen molar-refractivity contribution in [2.75, 3.05) is 12.4 Å². The maximum atomic E-state index is 12.7. The normalized spacial score (nSPS) is 14.6. The molecule has 2 aromatic carbocycles. The number of hydrogen-bond donors (Lipinski definition) is 1. The van der Waals surface area contributed by atoms with Crippen molar-refractivity contribution in [3.8, 4) is 0 Å². The Kier molecular flexibility index (Phi) is 7.49. The van der Waals surface area contributed by atoms with Crippen LogP contribution in [0, 0.1) is 0 Å². The lowest BCUT2D eigenvalue weighted by molar-refractivity contribution is -0.115. The zero-order chi connectivity index (χ0) is 21.5. The van der Waals surface area contributed by atoms with E-state index in [1.165, 1.54) is 43.2 Å². The predicted molar refractivity (Wildman–Crippen MR) is 128 cm³/mol. The van der Waals surface area contributed by atoms with Crippen LogP contribution in [0.1, 0.15) is 53.9 Å². The summed E-state index contributed by atoms with van der Waals surface area (Å²) in [5.41, 5.74) is 4.16. The number of nitrogens with zero attached hydrogens (tertiary/aromatic N) is 2. The van der Waals surface area contributed by atoms with Crippen molar-refractivity contribution >= 4 is 22.9 Å². The topological polar surface area (TPSA) is 45.2 Å². The second-order valence-corrected chi connectivity index (χ2v) is 9.43. The van der Waals surface area contributed by atoms with Crippen LogP contribution in [0.25, 0.3) is 0 Å². The monoisotopic (exact) mass is 433 g/mol. The molecule has 0 saturated heterocycles. The van der Waals surface area contributed by atoms with Crippen molar-refractivity contribution in [3.63, 3.8) is 0 Å². The molecule has 31 heavy (non-hydrogen) atoms. The first-order valence-corrected chi connectivity index (χ1v) is 12.1. The largest absolute Gasteiger partial charge is 0.325 e. The smallest absolute Gasteiger partial charge is 0.230 e. The van der Waals surface area contributed by atoms with Crippen molar-refractivity contribution in [2.24, 2.45) is 0 Å². The number of nitrogens with one attached hydrogen (secondary N) is 1. The van der Waals surface area contributed by atoms with Crippen molar-refractivity contribution in [3.05, 3.63) is 81.8 Å². The summed E-state index contributed by atoms with van der Waals surface area (Å²) in [6.45, 7) is 0.860. The minimum Gasteiger partial charge on any atom is -0.325 e. The SMILES string of the molecule is CN(Cc1ccccc1NC(=O)Cc1csc(Cc2ccccc2)n1)C1CCCCC1. The Balaban J connectivity index is 1.34. The van der Waals surface area contributed by atoms with Gasteiger partial charge in [0.1, 0.15) is 0 Å². The van der Waals surface area contributed by atoms with Gasteiger partial charge in [0.25, 0.3) is 0 Å². The molecule has 1 saturated carbocycles. The fourth-order valence-electron chi connectivity index (χ4n) is 4.34. The summed E-state index contributed by atoms with van der Waals surface area (Å²) in [4.78, 5) is 19.8. The van der Waals surface area contributed by atoms with E-state index in [2.05, 4.69) is 46.5 Å². The van der Waals surface area contributed by atoms with E-state index in [9.17, 15) is 4.79 Å². The number of carbonyl (C=O) groups excluding carboxylic acids is 1. The Bertz CT molecular complexity index is 979. The van der Waals surface area contributed by atoms with Gasteiger partial charge in [-0.3, -0.25) is 9.69 Å². The molecule has 1 fully saturated rings. The van der Waals surface area contributed by atoms with Gasteiger partial charge >= 0.3 is 0 Å². The quantitative estimate of drug-likeness (QED) is 0.497. The molecule has 1 aliphatic rings. The van der Waals surface area contributed by atoms with Gasteiger partial charge in [-0.2, -0.15) is 0 Å². The number of thiazole rings is 1. The van der Waals surface area contributed by atoms with Gasteiger partial charge in [0.05, 0.1) is 17.1 Å². The third-order valence-electron chi connectivity index (χ3n) is 6.05. The van der Waals surface area contributed by atoms with Crippen LogP contribution in [0.2, 0.25) is 0 Å². The molecule has 162 valence electrons. The lowest BCUT2D eigenvalue weighted by atomic mass is 9.94. The molecule has 1 aliphatic carbocycles. The van der Waals surface area contributed by atoms with Crippen LogP contribution < -0.4 is 5.32 Å². The molecule has 0 aliphatic heterocycles. The highest BCUT2D eigenvalue weighted by atomic mass is 32.1. The Hall–Kier alpha value is -2.50. The molecule has 1 heterocycles. The van der Waals surface area contributed by atoms with Gasteiger partial charge in [0.2, 0.25) is 5.91 Å². The molecule has 0 atom stereocenters. The van der Waals surface area contributed by atoms with E-state index in [1.807, 2.05) is 35.7 Å². The van der Waals surface area contributed by atoms with Crippen LogP contribution in [-0.2, 0) is 24.2 Å². The molecule has 1 aromatic heterocycles. The third-order valence-corrected chi connectivity index (χ3v) is 6.95. The number of aromatic nitrogens is 1. The van der Waals surface area contributed by atoms with E-state index < -0.39 is 0 Å². The summed E-state index contributed by atoms with van der Waals surface area (Å²) in [7, 11) is 2.21. The summed E-state index contributed by atoms with van der Waals surface area (Å²) in [6.07, 6.45) is 7.68. The van der Waals surface area contributed by atoms with Crippen molar-refractivity contribution < 1.29 is 4.79 Å². The van der Waals surface area contributed by atoms with Crippen LogP contribution in [0.4, 0.5) is 5.69 Å². The van der Waals surface area contributed by atoms with E-state index >= 15 is 0 Å². The van der Waals surface area contributed by atoms with Crippen molar-refractivity contribution in [2.45, 2.75) is 57.5 Å². The van der Waals surface area contributed by atoms with Gasteiger partial charge in [0.15, 0.2) is 0 Å². The minimum atomic E-state index is -0.00988. The second-order valence-electron chi connectivity index (χ2n) is 8.48. The predicted octanol–water partition coefficient (Wildman–Crippen LogP) is 5.68. The molecule has 1 N–H and O–H groups in total. The summed E-state index contributed by atoms with van der Waals surface area (Å²) in [5, 5.41) is 6.17. The number of anilines is 1. The molecule has 3 aromatic rings. The number of carbonyl (C=O) groups is 1.